The average Bonchev–Trinajstić information content (AvgIpc) is 3.39. The second kappa shape index (κ2) is 15.0. The van der Waals surface area contributed by atoms with Gasteiger partial charge in [-0.2, -0.15) is 0 Å². The van der Waals surface area contributed by atoms with Crippen LogP contribution in [0.25, 0.3) is 0 Å². The van der Waals surface area contributed by atoms with Gasteiger partial charge in [-0.15, -0.1) is 0 Å². The van der Waals surface area contributed by atoms with E-state index < -0.39 is 0 Å². The molecule has 8 rings (SSSR count). The van der Waals surface area contributed by atoms with Gasteiger partial charge < -0.3 is 10.6 Å². The van der Waals surface area contributed by atoms with Gasteiger partial charge >= 0.3 is 0 Å². The minimum Gasteiger partial charge on any atom is -0.379 e. The van der Waals surface area contributed by atoms with Crippen LogP contribution in [-0.2, 0) is 19.5 Å². The number of anilines is 2. The summed E-state index contributed by atoms with van der Waals surface area (Å²) >= 11 is 0. The summed E-state index contributed by atoms with van der Waals surface area (Å²) in [4.78, 5) is 5.00. The molecule has 0 amide bonds. The molecule has 0 bridgehead atoms. The molecule has 1 unspecified atom stereocenters. The number of likely N-dealkylation sites (tertiary alicyclic amines) is 2. The van der Waals surface area contributed by atoms with E-state index >= 15 is 0 Å². The minimum absolute atomic E-state index is 0.155. The average molecular weight is 663 g/mol. The number of benzene rings is 4. The molecule has 2 N–H and O–H groups in total. The van der Waals surface area contributed by atoms with Crippen LogP contribution >= 0.6 is 0 Å². The molecule has 0 radical (unpaired) electrons. The summed E-state index contributed by atoms with van der Waals surface area (Å²) in [6.07, 6.45) is 10.9. The molecule has 1 atom stereocenters. The van der Waals surface area contributed by atoms with Gasteiger partial charge in [-0.25, -0.2) is 8.78 Å². The van der Waals surface area contributed by atoms with Crippen LogP contribution in [-0.4, -0.2) is 47.1 Å². The first-order chi connectivity index (χ1) is 23.9. The first-order valence-corrected chi connectivity index (χ1v) is 18.5. The molecule has 4 aliphatic heterocycles. The fraction of sp³-hybridized carbons (Fsp3) is 0.442. The largest absolute Gasteiger partial charge is 0.379 e. The molecule has 4 aromatic carbocycles. The van der Waals surface area contributed by atoms with E-state index in [9.17, 15) is 8.78 Å². The Morgan fingerprint density at radius 3 is 1.67 bits per heavy atom. The second-order valence-corrected chi connectivity index (χ2v) is 15.2. The van der Waals surface area contributed by atoms with E-state index in [-0.39, 0.29) is 22.7 Å². The molecule has 49 heavy (non-hydrogen) atoms. The Labute approximate surface area is 291 Å². The highest BCUT2D eigenvalue weighted by atomic mass is 19.1. The molecule has 4 aliphatic rings. The molecular weight excluding hydrogens is 610 g/mol. The summed E-state index contributed by atoms with van der Waals surface area (Å²) in [7, 11) is 0. The molecule has 4 heterocycles. The number of nitrogens with zero attached hydrogens (tertiary/aromatic N) is 2. The zero-order chi connectivity index (χ0) is 33.7. The predicted molar refractivity (Wildman–Crippen MR) is 198 cm³/mol. The quantitative estimate of drug-likeness (QED) is 0.228. The van der Waals surface area contributed by atoms with Crippen molar-refractivity contribution in [2.75, 3.05) is 36.8 Å². The maximum atomic E-state index is 13.1. The molecule has 2 fully saturated rings. The van der Waals surface area contributed by atoms with Gasteiger partial charge in [0.25, 0.3) is 0 Å². The Kier molecular flexibility index (Phi) is 10.3. The molecule has 2 saturated heterocycles. The lowest BCUT2D eigenvalue weighted by atomic mass is 9.82. The normalized spacial score (nSPS) is 21.6. The van der Waals surface area contributed by atoms with Crippen LogP contribution in [0.5, 0.6) is 0 Å². The van der Waals surface area contributed by atoms with Crippen LogP contribution in [0.2, 0.25) is 0 Å². The van der Waals surface area contributed by atoms with Gasteiger partial charge in [0.2, 0.25) is 0 Å². The summed E-state index contributed by atoms with van der Waals surface area (Å²) in [5, 5.41) is 7.81. The van der Waals surface area contributed by atoms with Crippen molar-refractivity contribution < 1.29 is 8.78 Å². The Morgan fingerprint density at radius 2 is 1.08 bits per heavy atom. The third kappa shape index (κ3) is 8.36. The van der Waals surface area contributed by atoms with E-state index in [0.717, 1.165) is 39.3 Å². The van der Waals surface area contributed by atoms with Crippen molar-refractivity contribution in [2.24, 2.45) is 0 Å². The molecular formula is C43H52F2N4. The van der Waals surface area contributed by atoms with Gasteiger partial charge in [0.15, 0.2) is 0 Å². The first-order valence-electron chi connectivity index (χ1n) is 18.5. The lowest BCUT2D eigenvalue weighted by molar-refractivity contribution is 0.159. The summed E-state index contributed by atoms with van der Waals surface area (Å²) < 4.78 is 26.1. The van der Waals surface area contributed by atoms with Gasteiger partial charge in [0.05, 0.1) is 0 Å². The molecule has 4 nitrogen and oxygen atoms in total. The van der Waals surface area contributed by atoms with Crippen LogP contribution < -0.4 is 10.6 Å². The van der Waals surface area contributed by atoms with Crippen molar-refractivity contribution in [2.45, 2.75) is 94.8 Å². The number of hydrogen-bond acceptors (Lipinski definition) is 4. The molecule has 258 valence electrons. The highest BCUT2D eigenvalue weighted by Gasteiger charge is 2.38. The van der Waals surface area contributed by atoms with Crippen molar-refractivity contribution in [3.8, 4) is 0 Å². The molecule has 0 saturated carbocycles. The van der Waals surface area contributed by atoms with Crippen LogP contribution in [0.1, 0.15) is 86.5 Å². The first kappa shape index (κ1) is 33.7. The van der Waals surface area contributed by atoms with Gasteiger partial charge in [0.1, 0.15) is 11.6 Å². The third-order valence-corrected chi connectivity index (χ3v) is 11.7. The topological polar surface area (TPSA) is 30.5 Å². The number of hydrogen-bond donors (Lipinski definition) is 2. The summed E-state index contributed by atoms with van der Waals surface area (Å²) in [6, 6.07) is 31.4. The fourth-order valence-electron chi connectivity index (χ4n) is 8.59. The third-order valence-electron chi connectivity index (χ3n) is 11.7. The lowest BCUT2D eigenvalue weighted by Gasteiger charge is -2.42. The maximum absolute atomic E-state index is 13.1. The highest BCUT2D eigenvalue weighted by Crippen LogP contribution is 2.41. The van der Waals surface area contributed by atoms with Crippen LogP contribution in [0.4, 0.5) is 20.2 Å². The summed E-state index contributed by atoms with van der Waals surface area (Å²) in [5.41, 5.74) is 8.49. The minimum atomic E-state index is -0.156. The zero-order valence-electron chi connectivity index (χ0n) is 29.1. The van der Waals surface area contributed by atoms with Crippen molar-refractivity contribution in [1.29, 1.82) is 0 Å². The maximum Gasteiger partial charge on any atom is 0.123 e. The van der Waals surface area contributed by atoms with E-state index in [2.05, 4.69) is 75.9 Å². The number of aryl methyl sites for hydroxylation is 1. The van der Waals surface area contributed by atoms with Crippen molar-refractivity contribution in [3.63, 3.8) is 0 Å². The van der Waals surface area contributed by atoms with Crippen molar-refractivity contribution in [3.05, 3.63) is 131 Å². The van der Waals surface area contributed by atoms with E-state index in [1.54, 1.807) is 24.3 Å². The smallest absolute Gasteiger partial charge is 0.123 e. The Hall–Kier alpha value is -3.74. The summed E-state index contributed by atoms with van der Waals surface area (Å²) in [6.45, 7) is 8.60. The number of rotatable bonds is 4. The van der Waals surface area contributed by atoms with Crippen LogP contribution in [0.3, 0.4) is 0 Å². The van der Waals surface area contributed by atoms with Gasteiger partial charge in [0, 0.05) is 61.7 Å². The molecule has 0 aliphatic carbocycles. The van der Waals surface area contributed by atoms with Crippen molar-refractivity contribution >= 4 is 11.4 Å². The Bertz CT molecular complexity index is 1650. The van der Waals surface area contributed by atoms with E-state index in [4.69, 9.17) is 0 Å². The van der Waals surface area contributed by atoms with Gasteiger partial charge in [-0.05, 0) is 122 Å². The number of fused-ring (bicyclic) bond motifs is 2. The summed E-state index contributed by atoms with van der Waals surface area (Å²) in [5.74, 6) is 0.315. The monoisotopic (exact) mass is 662 g/mol. The molecule has 2 spiro atoms. The zero-order valence-corrected chi connectivity index (χ0v) is 29.1. The number of nitrogens with one attached hydrogen (secondary N) is 2. The van der Waals surface area contributed by atoms with Gasteiger partial charge in [-0.3, -0.25) is 9.80 Å². The lowest BCUT2D eigenvalue weighted by Crippen LogP contribution is -2.48. The predicted octanol–water partition coefficient (Wildman–Crippen LogP) is 9.78. The van der Waals surface area contributed by atoms with Crippen molar-refractivity contribution in [1.82, 2.24) is 9.80 Å². The molecule has 0 aromatic heterocycles. The number of para-hydroxylation sites is 2. The van der Waals surface area contributed by atoms with Gasteiger partial charge in [-0.1, -0.05) is 67.6 Å². The number of piperidine rings is 2. The SMILES string of the molecule is CC1CCC2(CCN(Cc3ccc(F)cc3)CC2)Nc2ccccc21.Fc1ccc(CN2CCC3(CCCc4ccccc4N3)CC2)cc1. The Balaban J connectivity index is 0.000000154. The van der Waals surface area contributed by atoms with Crippen LogP contribution in [0.15, 0.2) is 97.1 Å². The standard InChI is InChI=1S/C22H27FN2.C21H25FN2/c1-17-10-11-22(24-21-5-3-2-4-20(17)21)12-14-25(15-13-22)16-18-6-8-19(23)9-7-18;22-19-9-7-17(8-10-19)16-24-14-12-21(13-15-24)11-3-5-18-4-1-2-6-20(18)23-21/h2-9,17,24H,10-16H2,1H3;1-2,4,6-10,23H,3,5,11-16H2. The fourth-order valence-corrected chi connectivity index (χ4v) is 8.59. The number of halogens is 2. The van der Waals surface area contributed by atoms with E-state index in [1.165, 1.54) is 91.4 Å². The highest BCUT2D eigenvalue weighted by molar-refractivity contribution is 5.56. The van der Waals surface area contributed by atoms with Crippen LogP contribution in [0, 0.1) is 11.6 Å². The molecule has 6 heteroatoms. The molecule has 4 aromatic rings. The Morgan fingerprint density at radius 1 is 0.592 bits per heavy atom. The van der Waals surface area contributed by atoms with E-state index in [1.807, 2.05) is 24.3 Å². The second-order valence-electron chi connectivity index (χ2n) is 15.2. The van der Waals surface area contributed by atoms with E-state index in [0.29, 0.717) is 5.92 Å².